The number of carbonyl (C=O) groups is 4. The number of hydrogen-bond donors (Lipinski definition) is 10. The van der Waals surface area contributed by atoms with Gasteiger partial charge in [-0.05, 0) is 41.9 Å². The van der Waals surface area contributed by atoms with Crippen molar-refractivity contribution in [2.75, 3.05) is 19.8 Å². The molecular weight excluding hydrogens is 1120 g/mol. The number of rotatable bonds is 22. The summed E-state index contributed by atoms with van der Waals surface area (Å²) in [7, 11) is 0. The summed E-state index contributed by atoms with van der Waals surface area (Å²) in [6.45, 7) is 4.05. The topological polar surface area (TPSA) is 339 Å². The van der Waals surface area contributed by atoms with Crippen molar-refractivity contribution in [3.8, 4) is 0 Å². The Morgan fingerprint density at radius 2 is 1.08 bits per heavy atom. The molecule has 10 N–H and O–H groups in total. The maximum atomic E-state index is 14.0. The van der Waals surface area contributed by atoms with Crippen molar-refractivity contribution in [3.05, 3.63) is 144 Å². The fourth-order valence-electron chi connectivity index (χ4n) is 11.1. The summed E-state index contributed by atoms with van der Waals surface area (Å²) in [4.78, 5) is 53.4. The summed E-state index contributed by atoms with van der Waals surface area (Å²) >= 11 is 0. The largest absolute Gasteiger partial charge is 0.445 e. The SMILES string of the molecule is CC[C@@H]1O[C@H](O[C@H]2[C@@H](O)[C@H](O[C@@H]3[C@@H](O)[C@H](NC(=O)[C@@H](C)CCNC(=O)OCc4ccccc4)C[C@H](C)[C@H]3O[C@H]3O[C@@H]4COC(c5ccccc5)O[C@H]4[C@H](O)[C@H]3NC(=O)OCc3ccccc3)O[C@@H]2CO)[C@H](NC(=O)OCc2ccccc2)[C@@H](O)[C@@H]1O. The molecule has 9 rings (SSSR count). The second-order valence-electron chi connectivity index (χ2n) is 22.1. The number of nitrogens with one attached hydrogen (secondary N) is 4. The van der Waals surface area contributed by atoms with E-state index in [0.29, 0.717) is 16.7 Å². The monoisotopic (exact) mass is 1200 g/mol. The fraction of sp³-hybridized carbons (Fsp3) is 0.541. The third-order valence-electron chi connectivity index (χ3n) is 16.0. The predicted octanol–water partition coefficient (Wildman–Crippen LogP) is 2.70. The van der Waals surface area contributed by atoms with Crippen LogP contribution in [0.1, 0.15) is 68.6 Å². The first-order chi connectivity index (χ1) is 41.6. The Morgan fingerprint density at radius 1 is 0.570 bits per heavy atom. The number of aliphatic hydroxyl groups is 6. The molecule has 1 unspecified atom stereocenters. The van der Waals surface area contributed by atoms with Gasteiger partial charge in [-0.2, -0.15) is 0 Å². The van der Waals surface area contributed by atoms with Gasteiger partial charge in [0.15, 0.2) is 25.2 Å². The summed E-state index contributed by atoms with van der Waals surface area (Å²) in [5.41, 5.74) is 2.81. The lowest BCUT2D eigenvalue weighted by Crippen LogP contribution is -2.69. The fourth-order valence-corrected chi connectivity index (χ4v) is 11.1. The number of ether oxygens (including phenoxy) is 11. The Hall–Kier alpha value is -6.40. The molecule has 0 aromatic heterocycles. The highest BCUT2D eigenvalue weighted by atomic mass is 16.8. The predicted molar refractivity (Wildman–Crippen MR) is 299 cm³/mol. The zero-order valence-electron chi connectivity index (χ0n) is 47.8. The van der Waals surface area contributed by atoms with E-state index >= 15 is 0 Å². The maximum absolute atomic E-state index is 14.0. The van der Waals surface area contributed by atoms with Gasteiger partial charge in [0.25, 0.3) is 0 Å². The highest BCUT2D eigenvalue weighted by molar-refractivity contribution is 5.78. The van der Waals surface area contributed by atoms with Crippen molar-refractivity contribution < 1.29 is 102 Å². The highest BCUT2D eigenvalue weighted by Crippen LogP contribution is 2.40. The Kier molecular flexibility index (Phi) is 22.7. The molecular formula is C61H78N4O21. The molecule has 86 heavy (non-hydrogen) atoms. The van der Waals surface area contributed by atoms with Gasteiger partial charge in [0.2, 0.25) is 5.91 Å². The van der Waals surface area contributed by atoms with Crippen LogP contribution in [-0.4, -0.2) is 185 Å². The van der Waals surface area contributed by atoms with E-state index < -0.39 is 159 Å². The van der Waals surface area contributed by atoms with Crippen LogP contribution in [0.4, 0.5) is 14.4 Å². The van der Waals surface area contributed by atoms with E-state index in [4.69, 9.17) is 52.1 Å². The molecule has 21 atom stereocenters. The molecule has 25 nitrogen and oxygen atoms in total. The molecule has 4 heterocycles. The van der Waals surface area contributed by atoms with Gasteiger partial charge >= 0.3 is 18.3 Å². The lowest BCUT2D eigenvalue weighted by molar-refractivity contribution is -0.360. The minimum Gasteiger partial charge on any atom is -0.445 e. The van der Waals surface area contributed by atoms with Crippen LogP contribution >= 0.6 is 0 Å². The molecule has 5 aliphatic rings. The molecule has 4 aliphatic heterocycles. The van der Waals surface area contributed by atoms with Gasteiger partial charge < -0.3 is 104 Å². The third kappa shape index (κ3) is 16.2. The van der Waals surface area contributed by atoms with Gasteiger partial charge in [0.1, 0.15) is 92.9 Å². The number of carbonyl (C=O) groups excluding carboxylic acids is 4. The van der Waals surface area contributed by atoms with Crippen molar-refractivity contribution in [1.82, 2.24) is 21.3 Å². The summed E-state index contributed by atoms with van der Waals surface area (Å²) in [5.74, 6) is -1.88. The first-order valence-corrected chi connectivity index (χ1v) is 29.0. The maximum Gasteiger partial charge on any atom is 0.407 e. The third-order valence-corrected chi connectivity index (χ3v) is 16.0. The van der Waals surface area contributed by atoms with E-state index in [9.17, 15) is 49.8 Å². The Balaban J connectivity index is 0.945. The van der Waals surface area contributed by atoms with Crippen LogP contribution in [0.3, 0.4) is 0 Å². The smallest absolute Gasteiger partial charge is 0.407 e. The first kappa shape index (κ1) is 64.1. The minimum atomic E-state index is -1.83. The van der Waals surface area contributed by atoms with Crippen molar-refractivity contribution in [3.63, 3.8) is 0 Å². The lowest BCUT2D eigenvalue weighted by Gasteiger charge is -2.50. The van der Waals surface area contributed by atoms with Gasteiger partial charge in [-0.25, -0.2) is 14.4 Å². The number of benzene rings is 4. The van der Waals surface area contributed by atoms with E-state index in [-0.39, 0.29) is 52.2 Å². The first-order valence-electron chi connectivity index (χ1n) is 29.0. The number of alkyl carbamates (subject to hydrolysis) is 3. The van der Waals surface area contributed by atoms with Crippen LogP contribution in [0.15, 0.2) is 121 Å². The average Bonchev–Trinajstić information content (AvgIpc) is 1.44. The van der Waals surface area contributed by atoms with Crippen molar-refractivity contribution in [2.24, 2.45) is 11.8 Å². The summed E-state index contributed by atoms with van der Waals surface area (Å²) in [6.07, 6.45) is -25.1. The Bertz CT molecular complexity index is 2760. The van der Waals surface area contributed by atoms with Crippen molar-refractivity contribution >= 4 is 24.2 Å². The van der Waals surface area contributed by atoms with Gasteiger partial charge in [-0.15, -0.1) is 0 Å². The molecule has 4 aromatic rings. The van der Waals surface area contributed by atoms with Crippen LogP contribution in [0.5, 0.6) is 0 Å². The lowest BCUT2D eigenvalue weighted by atomic mass is 9.79. The van der Waals surface area contributed by atoms with Gasteiger partial charge in [0, 0.05) is 18.0 Å². The molecule has 1 saturated carbocycles. The molecule has 4 aromatic carbocycles. The van der Waals surface area contributed by atoms with E-state index in [2.05, 4.69) is 21.3 Å². The zero-order chi connectivity index (χ0) is 60.9. The average molecular weight is 1200 g/mol. The molecule has 5 fully saturated rings. The molecule has 1 aliphatic carbocycles. The molecule has 4 amide bonds. The van der Waals surface area contributed by atoms with Crippen molar-refractivity contribution in [2.45, 2.75) is 176 Å². The van der Waals surface area contributed by atoms with Gasteiger partial charge in [-0.3, -0.25) is 4.79 Å². The van der Waals surface area contributed by atoms with E-state index in [1.165, 1.54) is 0 Å². The number of fused-ring (bicyclic) bond motifs is 1. The second kappa shape index (κ2) is 30.5. The van der Waals surface area contributed by atoms with Crippen LogP contribution in [0.2, 0.25) is 0 Å². The zero-order valence-corrected chi connectivity index (χ0v) is 47.8. The molecule has 25 heteroatoms. The molecule has 0 bridgehead atoms. The molecule has 4 saturated heterocycles. The highest BCUT2D eigenvalue weighted by Gasteiger charge is 2.57. The van der Waals surface area contributed by atoms with Crippen LogP contribution in [0.25, 0.3) is 0 Å². The number of hydrogen-bond acceptors (Lipinski definition) is 21. The molecule has 468 valence electrons. The normalized spacial score (nSPS) is 33.7. The van der Waals surface area contributed by atoms with Gasteiger partial charge in [0.05, 0.1) is 31.5 Å². The summed E-state index contributed by atoms with van der Waals surface area (Å²) < 4.78 is 67.1. The standard InChI is InChI=1S/C61H78N4O21/c1-4-40-46(68)47(69)43(64-60(74)78-30-36-19-11-6-12-20-36)56(80-40)85-51-41(28-66)81-58(49(51)71)86-53-45(67)39(63-54(72)33(2)25-26-62-59(73)77-29-35-17-9-5-10-18-35)27-34(3)50(53)83-57-44(65-61(75)79-31-37-21-13-7-14-22-37)48(70)52-42(82-57)32-76-55(84-52)38-23-15-8-16-24-38/h5-24,33-34,39-53,55-58,66-71H,4,25-32H2,1-3H3,(H,62,73)(H,63,72)(H,64,74)(H,65,75)/t33-,34-,39+,40-,41+,42+,43+,44+,45-,46+,47+,48+,49+,50+,51+,52+,53+,55?,56+,57+,58-/m0/s1. The minimum absolute atomic E-state index is 0.0464. The summed E-state index contributed by atoms with van der Waals surface area (Å²) in [6, 6.07) is 31.9. The molecule has 0 radical (unpaired) electrons. The van der Waals surface area contributed by atoms with Gasteiger partial charge in [-0.1, -0.05) is 142 Å². The van der Waals surface area contributed by atoms with Crippen LogP contribution in [0, 0.1) is 11.8 Å². The van der Waals surface area contributed by atoms with E-state index in [0.717, 1.165) is 5.56 Å². The second-order valence-corrected chi connectivity index (χ2v) is 22.1. The van der Waals surface area contributed by atoms with Crippen LogP contribution in [-0.2, 0) is 76.7 Å². The number of amides is 4. The summed E-state index contributed by atoms with van der Waals surface area (Å²) in [5, 5.41) is 81.0. The van der Waals surface area contributed by atoms with E-state index in [1.54, 1.807) is 99.6 Å². The van der Waals surface area contributed by atoms with E-state index in [1.807, 2.05) is 42.5 Å². The Morgan fingerprint density at radius 3 is 1.65 bits per heavy atom. The number of aliphatic hydroxyl groups excluding tert-OH is 6. The van der Waals surface area contributed by atoms with Crippen molar-refractivity contribution in [1.29, 1.82) is 0 Å². The quantitative estimate of drug-likeness (QED) is 0.0506. The molecule has 0 spiro atoms. The van der Waals surface area contributed by atoms with Crippen LogP contribution < -0.4 is 21.3 Å². The Labute approximate surface area is 497 Å².